The first kappa shape index (κ1) is 14.9. The van der Waals surface area contributed by atoms with Crippen LogP contribution in [0.15, 0.2) is 18.2 Å². The zero-order valence-corrected chi connectivity index (χ0v) is 10.6. The molecule has 0 bridgehead atoms. The highest BCUT2D eigenvalue weighted by atomic mass is 35.5. The lowest BCUT2D eigenvalue weighted by Gasteiger charge is -2.07. The number of nitrogens with one attached hydrogen (secondary N) is 2. The number of hydrogen-bond donors (Lipinski definition) is 2. The van der Waals surface area contributed by atoms with Gasteiger partial charge in [-0.05, 0) is 12.1 Å². The predicted molar refractivity (Wildman–Crippen MR) is 63.7 cm³/mol. The highest BCUT2D eigenvalue weighted by molar-refractivity contribution is 6.33. The Hall–Kier alpha value is -2.15. The molecule has 8 heteroatoms. The first-order valence-electron chi connectivity index (χ1n) is 5.08. The number of hydrazine groups is 1. The SMILES string of the molecule is CC(=O)NNC(=O)COC(=O)c1c(F)cccc1Cl. The van der Waals surface area contributed by atoms with E-state index in [2.05, 4.69) is 4.74 Å². The summed E-state index contributed by atoms with van der Waals surface area (Å²) in [5, 5.41) is -0.118. The van der Waals surface area contributed by atoms with Crippen molar-refractivity contribution in [3.05, 3.63) is 34.6 Å². The molecule has 0 aliphatic heterocycles. The maximum atomic E-state index is 13.3. The van der Waals surface area contributed by atoms with Crippen LogP contribution in [0.1, 0.15) is 17.3 Å². The Morgan fingerprint density at radius 3 is 2.58 bits per heavy atom. The van der Waals surface area contributed by atoms with Crippen molar-refractivity contribution >= 4 is 29.4 Å². The predicted octanol–water partition coefficient (Wildman–Crippen LogP) is 0.803. The van der Waals surface area contributed by atoms with Gasteiger partial charge in [0.2, 0.25) is 5.91 Å². The quantitative estimate of drug-likeness (QED) is 0.636. The fourth-order valence-corrected chi connectivity index (χ4v) is 1.33. The zero-order valence-electron chi connectivity index (χ0n) is 9.83. The molecule has 6 nitrogen and oxygen atoms in total. The Balaban J connectivity index is 2.56. The molecule has 0 saturated heterocycles. The van der Waals surface area contributed by atoms with E-state index in [1.165, 1.54) is 19.1 Å². The van der Waals surface area contributed by atoms with Gasteiger partial charge in [0.05, 0.1) is 5.02 Å². The van der Waals surface area contributed by atoms with Crippen LogP contribution in [-0.4, -0.2) is 24.4 Å². The van der Waals surface area contributed by atoms with Gasteiger partial charge in [0.15, 0.2) is 6.61 Å². The highest BCUT2D eigenvalue weighted by Gasteiger charge is 2.18. The number of esters is 1. The van der Waals surface area contributed by atoms with Crippen LogP contribution in [0.4, 0.5) is 4.39 Å². The third kappa shape index (κ3) is 4.55. The van der Waals surface area contributed by atoms with Crippen molar-refractivity contribution in [3.8, 4) is 0 Å². The molecule has 19 heavy (non-hydrogen) atoms. The standard InChI is InChI=1S/C11H10ClFN2O4/c1-6(16)14-15-9(17)5-19-11(18)10-7(12)3-2-4-8(10)13/h2-4H,5H2,1H3,(H,14,16)(H,15,17). The number of benzene rings is 1. The van der Waals surface area contributed by atoms with Gasteiger partial charge in [-0.25, -0.2) is 9.18 Å². The topological polar surface area (TPSA) is 84.5 Å². The first-order valence-corrected chi connectivity index (χ1v) is 5.46. The van der Waals surface area contributed by atoms with Gasteiger partial charge in [-0.2, -0.15) is 0 Å². The average Bonchev–Trinajstić information content (AvgIpc) is 2.33. The number of hydrogen-bond acceptors (Lipinski definition) is 4. The number of carbonyl (C=O) groups excluding carboxylic acids is 3. The lowest BCUT2D eigenvalue weighted by atomic mass is 10.2. The van der Waals surface area contributed by atoms with Crippen LogP contribution in [-0.2, 0) is 14.3 Å². The van der Waals surface area contributed by atoms with Crippen molar-refractivity contribution < 1.29 is 23.5 Å². The molecule has 1 rings (SSSR count). The van der Waals surface area contributed by atoms with Crippen LogP contribution < -0.4 is 10.9 Å². The van der Waals surface area contributed by atoms with Crippen molar-refractivity contribution in [2.24, 2.45) is 0 Å². The second kappa shape index (κ2) is 6.69. The van der Waals surface area contributed by atoms with E-state index < -0.39 is 35.8 Å². The van der Waals surface area contributed by atoms with Gasteiger partial charge in [0.1, 0.15) is 11.4 Å². The molecule has 0 aliphatic rings. The molecule has 1 aromatic rings. The van der Waals surface area contributed by atoms with Gasteiger partial charge >= 0.3 is 5.97 Å². The van der Waals surface area contributed by atoms with E-state index in [-0.39, 0.29) is 5.02 Å². The van der Waals surface area contributed by atoms with E-state index in [0.29, 0.717) is 0 Å². The molecule has 2 N–H and O–H groups in total. The molecule has 0 heterocycles. The summed E-state index contributed by atoms with van der Waals surface area (Å²) < 4.78 is 17.9. The molecular formula is C11H10ClFN2O4. The molecule has 0 spiro atoms. The summed E-state index contributed by atoms with van der Waals surface area (Å²) in [5.74, 6) is -3.17. The summed E-state index contributed by atoms with van der Waals surface area (Å²) in [7, 11) is 0. The van der Waals surface area contributed by atoms with Gasteiger partial charge < -0.3 is 4.74 Å². The third-order valence-corrected chi connectivity index (χ3v) is 2.19. The Bertz CT molecular complexity index is 501. The molecule has 0 saturated carbocycles. The number of ether oxygens (including phenoxy) is 1. The Morgan fingerprint density at radius 1 is 1.32 bits per heavy atom. The summed E-state index contributed by atoms with van der Waals surface area (Å²) in [6.45, 7) is 0.509. The molecule has 102 valence electrons. The smallest absolute Gasteiger partial charge is 0.343 e. The van der Waals surface area contributed by atoms with E-state index in [0.717, 1.165) is 6.07 Å². The van der Waals surface area contributed by atoms with Crippen molar-refractivity contribution in [2.45, 2.75) is 6.92 Å². The summed E-state index contributed by atoms with van der Waals surface area (Å²) in [6, 6.07) is 3.69. The zero-order chi connectivity index (χ0) is 14.4. The van der Waals surface area contributed by atoms with Crippen LogP contribution in [0, 0.1) is 5.82 Å². The lowest BCUT2D eigenvalue weighted by Crippen LogP contribution is -2.42. The lowest BCUT2D eigenvalue weighted by molar-refractivity contribution is -0.129. The van der Waals surface area contributed by atoms with E-state index in [1.54, 1.807) is 0 Å². The largest absolute Gasteiger partial charge is 0.452 e. The maximum Gasteiger partial charge on any atom is 0.343 e. The van der Waals surface area contributed by atoms with E-state index in [9.17, 15) is 18.8 Å². The highest BCUT2D eigenvalue weighted by Crippen LogP contribution is 2.19. The van der Waals surface area contributed by atoms with Crippen LogP contribution in [0.2, 0.25) is 5.02 Å². The number of amides is 2. The van der Waals surface area contributed by atoms with Gasteiger partial charge in [0.25, 0.3) is 5.91 Å². The number of rotatable bonds is 3. The summed E-state index contributed by atoms with van der Waals surface area (Å²) in [5.41, 5.74) is 3.53. The summed E-state index contributed by atoms with van der Waals surface area (Å²) in [4.78, 5) is 33.1. The molecule has 1 aromatic carbocycles. The molecule has 0 aromatic heterocycles. The van der Waals surface area contributed by atoms with Crippen LogP contribution >= 0.6 is 11.6 Å². The Kier molecular flexibility index (Phi) is 5.25. The second-order valence-corrected chi connectivity index (χ2v) is 3.81. The third-order valence-electron chi connectivity index (χ3n) is 1.88. The monoisotopic (exact) mass is 288 g/mol. The van der Waals surface area contributed by atoms with Crippen molar-refractivity contribution in [2.75, 3.05) is 6.61 Å². The molecule has 0 unspecified atom stereocenters. The summed E-state index contributed by atoms with van der Waals surface area (Å²) >= 11 is 5.64. The minimum atomic E-state index is -1.07. The number of halogens is 2. The Labute approximate surface area is 112 Å². The number of carbonyl (C=O) groups is 3. The maximum absolute atomic E-state index is 13.3. The normalized spacial score (nSPS) is 9.63. The van der Waals surface area contributed by atoms with Crippen LogP contribution in [0.5, 0.6) is 0 Å². The minimum absolute atomic E-state index is 0.118. The van der Waals surface area contributed by atoms with Gasteiger partial charge in [-0.3, -0.25) is 20.4 Å². The van der Waals surface area contributed by atoms with Crippen molar-refractivity contribution in [1.29, 1.82) is 0 Å². The fraction of sp³-hybridized carbons (Fsp3) is 0.182. The second-order valence-electron chi connectivity index (χ2n) is 3.40. The van der Waals surface area contributed by atoms with Crippen LogP contribution in [0.25, 0.3) is 0 Å². The van der Waals surface area contributed by atoms with Gasteiger partial charge in [0, 0.05) is 6.92 Å². The molecule has 0 fully saturated rings. The average molecular weight is 289 g/mol. The fourth-order valence-electron chi connectivity index (χ4n) is 1.09. The summed E-state index contributed by atoms with van der Waals surface area (Å²) in [6.07, 6.45) is 0. The molecule has 2 amide bonds. The van der Waals surface area contributed by atoms with Crippen LogP contribution in [0.3, 0.4) is 0 Å². The van der Waals surface area contributed by atoms with E-state index in [1.807, 2.05) is 10.9 Å². The van der Waals surface area contributed by atoms with E-state index in [4.69, 9.17) is 11.6 Å². The first-order chi connectivity index (χ1) is 8.91. The minimum Gasteiger partial charge on any atom is -0.452 e. The van der Waals surface area contributed by atoms with E-state index >= 15 is 0 Å². The molecule has 0 radical (unpaired) electrons. The Morgan fingerprint density at radius 2 is 2.00 bits per heavy atom. The molecule has 0 atom stereocenters. The van der Waals surface area contributed by atoms with Gasteiger partial charge in [-0.15, -0.1) is 0 Å². The van der Waals surface area contributed by atoms with Crippen molar-refractivity contribution in [1.82, 2.24) is 10.9 Å². The molecule has 0 aliphatic carbocycles. The van der Waals surface area contributed by atoms with Gasteiger partial charge in [-0.1, -0.05) is 17.7 Å². The molecular weight excluding hydrogens is 279 g/mol. The van der Waals surface area contributed by atoms with Crippen molar-refractivity contribution in [3.63, 3.8) is 0 Å².